The van der Waals surface area contributed by atoms with Crippen molar-refractivity contribution in [1.29, 1.82) is 0 Å². The van der Waals surface area contributed by atoms with Gasteiger partial charge in [0.05, 0.1) is 0 Å². The van der Waals surface area contributed by atoms with Crippen LogP contribution in [0.25, 0.3) is 0 Å². The molecule has 1 aliphatic heterocycles. The van der Waals surface area contributed by atoms with E-state index in [1.54, 1.807) is 0 Å². The standard InChI is InChI=1S/C18H31N3/c1-4-6-17-12-16(14-19-9-5-2)13-18(20-17)21-10-7-15(3)8-11-21/h12-13,15,19H,4-11,14H2,1-3H3. The molecule has 0 aromatic carbocycles. The first kappa shape index (κ1) is 16.3. The summed E-state index contributed by atoms with van der Waals surface area (Å²) in [5, 5.41) is 3.51. The summed E-state index contributed by atoms with van der Waals surface area (Å²) in [4.78, 5) is 7.37. The van der Waals surface area contributed by atoms with E-state index in [1.807, 2.05) is 0 Å². The van der Waals surface area contributed by atoms with Crippen LogP contribution in [0.3, 0.4) is 0 Å². The van der Waals surface area contributed by atoms with Crippen molar-refractivity contribution in [1.82, 2.24) is 10.3 Å². The van der Waals surface area contributed by atoms with Crippen LogP contribution in [-0.4, -0.2) is 24.6 Å². The van der Waals surface area contributed by atoms with Gasteiger partial charge in [-0.25, -0.2) is 4.98 Å². The van der Waals surface area contributed by atoms with Gasteiger partial charge in [0, 0.05) is 25.3 Å². The molecule has 0 saturated carbocycles. The molecule has 2 rings (SSSR count). The lowest BCUT2D eigenvalue weighted by Crippen LogP contribution is -2.33. The quantitative estimate of drug-likeness (QED) is 0.775. The highest BCUT2D eigenvalue weighted by molar-refractivity contribution is 5.43. The van der Waals surface area contributed by atoms with Gasteiger partial charge in [0.2, 0.25) is 0 Å². The fraction of sp³-hybridized carbons (Fsp3) is 0.722. The molecule has 118 valence electrons. The van der Waals surface area contributed by atoms with E-state index in [9.17, 15) is 0 Å². The zero-order chi connectivity index (χ0) is 15.1. The molecule has 0 spiro atoms. The number of aromatic nitrogens is 1. The molecule has 1 N–H and O–H groups in total. The Morgan fingerprint density at radius 3 is 2.62 bits per heavy atom. The van der Waals surface area contributed by atoms with Crippen molar-refractivity contribution in [3.63, 3.8) is 0 Å². The second-order valence-electron chi connectivity index (χ2n) is 6.42. The third-order valence-corrected chi connectivity index (χ3v) is 4.29. The number of rotatable bonds is 7. The number of hydrogen-bond acceptors (Lipinski definition) is 3. The lowest BCUT2D eigenvalue weighted by atomic mass is 9.99. The van der Waals surface area contributed by atoms with E-state index >= 15 is 0 Å². The van der Waals surface area contributed by atoms with Crippen molar-refractivity contribution in [2.75, 3.05) is 24.5 Å². The largest absolute Gasteiger partial charge is 0.357 e. The number of aryl methyl sites for hydroxylation is 1. The number of piperidine rings is 1. The minimum absolute atomic E-state index is 0.866. The van der Waals surface area contributed by atoms with Crippen LogP contribution in [0, 0.1) is 5.92 Å². The highest BCUT2D eigenvalue weighted by Gasteiger charge is 2.17. The summed E-state index contributed by atoms with van der Waals surface area (Å²) in [6.07, 6.45) is 6.02. The normalized spacial score (nSPS) is 16.4. The Kier molecular flexibility index (Phi) is 6.50. The molecule has 0 atom stereocenters. The fourth-order valence-corrected chi connectivity index (χ4v) is 2.93. The molecular weight excluding hydrogens is 258 g/mol. The molecule has 1 saturated heterocycles. The lowest BCUT2D eigenvalue weighted by molar-refractivity contribution is 0.436. The maximum Gasteiger partial charge on any atom is 0.129 e. The Morgan fingerprint density at radius 1 is 1.19 bits per heavy atom. The molecule has 1 aromatic rings. The van der Waals surface area contributed by atoms with Gasteiger partial charge in [0.15, 0.2) is 0 Å². The van der Waals surface area contributed by atoms with Crippen LogP contribution >= 0.6 is 0 Å². The molecule has 1 aliphatic rings. The highest BCUT2D eigenvalue weighted by Crippen LogP contribution is 2.23. The molecule has 0 unspecified atom stereocenters. The van der Waals surface area contributed by atoms with E-state index in [-0.39, 0.29) is 0 Å². The second-order valence-corrected chi connectivity index (χ2v) is 6.42. The number of anilines is 1. The van der Waals surface area contributed by atoms with E-state index in [0.29, 0.717) is 0 Å². The van der Waals surface area contributed by atoms with Gasteiger partial charge in [-0.05, 0) is 55.8 Å². The Bertz CT molecular complexity index is 422. The van der Waals surface area contributed by atoms with E-state index in [1.165, 1.54) is 36.3 Å². The first-order valence-electron chi connectivity index (χ1n) is 8.68. The molecule has 2 heterocycles. The van der Waals surface area contributed by atoms with Gasteiger partial charge in [-0.15, -0.1) is 0 Å². The Hall–Kier alpha value is -1.09. The van der Waals surface area contributed by atoms with Crippen molar-refractivity contribution in [3.8, 4) is 0 Å². The highest BCUT2D eigenvalue weighted by atomic mass is 15.2. The average molecular weight is 289 g/mol. The summed E-state index contributed by atoms with van der Waals surface area (Å²) >= 11 is 0. The summed E-state index contributed by atoms with van der Waals surface area (Å²) in [6, 6.07) is 4.57. The maximum absolute atomic E-state index is 4.90. The third kappa shape index (κ3) is 4.99. The zero-order valence-corrected chi connectivity index (χ0v) is 14.0. The summed E-state index contributed by atoms with van der Waals surface area (Å²) < 4.78 is 0. The van der Waals surface area contributed by atoms with Crippen molar-refractivity contribution < 1.29 is 0 Å². The summed E-state index contributed by atoms with van der Waals surface area (Å²) in [5.74, 6) is 2.06. The van der Waals surface area contributed by atoms with Crippen molar-refractivity contribution in [3.05, 3.63) is 23.4 Å². The number of nitrogens with one attached hydrogen (secondary N) is 1. The monoisotopic (exact) mass is 289 g/mol. The van der Waals surface area contributed by atoms with Gasteiger partial charge in [0.1, 0.15) is 5.82 Å². The van der Waals surface area contributed by atoms with Crippen molar-refractivity contribution >= 4 is 5.82 Å². The number of nitrogens with zero attached hydrogens (tertiary/aromatic N) is 2. The topological polar surface area (TPSA) is 28.2 Å². The smallest absolute Gasteiger partial charge is 0.129 e. The average Bonchev–Trinajstić information content (AvgIpc) is 2.48. The molecule has 0 amide bonds. The molecule has 3 heteroatoms. The summed E-state index contributed by atoms with van der Waals surface area (Å²) in [5.41, 5.74) is 2.64. The summed E-state index contributed by atoms with van der Waals surface area (Å²) in [6.45, 7) is 11.2. The molecular formula is C18H31N3. The van der Waals surface area contributed by atoms with Crippen LogP contribution in [0.2, 0.25) is 0 Å². The predicted molar refractivity (Wildman–Crippen MR) is 90.8 cm³/mol. The molecule has 21 heavy (non-hydrogen) atoms. The van der Waals surface area contributed by atoms with Crippen LogP contribution in [0.5, 0.6) is 0 Å². The number of pyridine rings is 1. The van der Waals surface area contributed by atoms with Gasteiger partial charge in [0.25, 0.3) is 0 Å². The van der Waals surface area contributed by atoms with Gasteiger partial charge in [-0.3, -0.25) is 0 Å². The van der Waals surface area contributed by atoms with E-state index in [2.05, 4.69) is 43.1 Å². The van der Waals surface area contributed by atoms with Crippen LogP contribution in [0.1, 0.15) is 57.7 Å². The predicted octanol–water partition coefficient (Wildman–Crippen LogP) is 3.77. The maximum atomic E-state index is 4.90. The van der Waals surface area contributed by atoms with Crippen LogP contribution in [-0.2, 0) is 13.0 Å². The molecule has 1 fully saturated rings. The first-order chi connectivity index (χ1) is 10.2. The fourth-order valence-electron chi connectivity index (χ4n) is 2.93. The van der Waals surface area contributed by atoms with Crippen LogP contribution in [0.15, 0.2) is 12.1 Å². The SMILES string of the molecule is CCCNCc1cc(CCC)nc(N2CCC(C)CC2)c1. The molecule has 0 radical (unpaired) electrons. The zero-order valence-electron chi connectivity index (χ0n) is 14.0. The minimum atomic E-state index is 0.866. The minimum Gasteiger partial charge on any atom is -0.357 e. The molecule has 0 bridgehead atoms. The van der Waals surface area contributed by atoms with Crippen LogP contribution in [0.4, 0.5) is 5.82 Å². The lowest BCUT2D eigenvalue weighted by Gasteiger charge is -2.31. The first-order valence-corrected chi connectivity index (χ1v) is 8.68. The molecule has 1 aromatic heterocycles. The van der Waals surface area contributed by atoms with E-state index < -0.39 is 0 Å². The number of hydrogen-bond donors (Lipinski definition) is 1. The van der Waals surface area contributed by atoms with Gasteiger partial charge < -0.3 is 10.2 Å². The summed E-state index contributed by atoms with van der Waals surface area (Å²) in [7, 11) is 0. The Labute approximate surface area is 130 Å². The van der Waals surface area contributed by atoms with Crippen LogP contribution < -0.4 is 10.2 Å². The molecule has 0 aliphatic carbocycles. The van der Waals surface area contributed by atoms with E-state index in [4.69, 9.17) is 4.98 Å². The third-order valence-electron chi connectivity index (χ3n) is 4.29. The second kappa shape index (κ2) is 8.38. The van der Waals surface area contributed by atoms with E-state index in [0.717, 1.165) is 44.9 Å². The van der Waals surface area contributed by atoms with Gasteiger partial charge in [-0.2, -0.15) is 0 Å². The molecule has 3 nitrogen and oxygen atoms in total. The van der Waals surface area contributed by atoms with Crippen molar-refractivity contribution in [2.24, 2.45) is 5.92 Å². The van der Waals surface area contributed by atoms with Crippen molar-refractivity contribution in [2.45, 2.75) is 59.4 Å². The Balaban J connectivity index is 2.10. The Morgan fingerprint density at radius 2 is 1.95 bits per heavy atom. The van der Waals surface area contributed by atoms with Gasteiger partial charge >= 0.3 is 0 Å². The van der Waals surface area contributed by atoms with Gasteiger partial charge in [-0.1, -0.05) is 27.2 Å².